The molecule has 0 atom stereocenters. The van der Waals surface area contributed by atoms with E-state index in [0.717, 1.165) is 27.0 Å². The van der Waals surface area contributed by atoms with Gasteiger partial charge in [0.2, 0.25) is 5.91 Å². The lowest BCUT2D eigenvalue weighted by Crippen LogP contribution is -2.22. The van der Waals surface area contributed by atoms with E-state index in [2.05, 4.69) is 26.6 Å². The number of carbonyl (C=O) groups excluding carboxylic acids is 1. The van der Waals surface area contributed by atoms with Crippen LogP contribution in [0.1, 0.15) is 11.1 Å². The molecule has 5 heteroatoms. The van der Waals surface area contributed by atoms with Gasteiger partial charge in [0, 0.05) is 20.9 Å². The highest BCUT2D eigenvalue weighted by Crippen LogP contribution is 2.21. The predicted octanol–water partition coefficient (Wildman–Crippen LogP) is 4.77. The van der Waals surface area contributed by atoms with Crippen molar-refractivity contribution in [1.82, 2.24) is 0 Å². The van der Waals surface area contributed by atoms with Crippen LogP contribution in [-0.2, 0) is 4.79 Å². The molecule has 0 fully saturated rings. The van der Waals surface area contributed by atoms with Crippen molar-refractivity contribution in [3.63, 3.8) is 0 Å². The molecule has 0 aromatic heterocycles. The average molecular weight is 368 g/mol. The summed E-state index contributed by atoms with van der Waals surface area (Å²) in [6.45, 7) is 4.14. The Morgan fingerprint density at radius 2 is 1.90 bits per heavy atom. The van der Waals surface area contributed by atoms with E-state index in [4.69, 9.17) is 11.6 Å². The van der Waals surface area contributed by atoms with Gasteiger partial charge < -0.3 is 10.6 Å². The molecule has 0 aliphatic carbocycles. The van der Waals surface area contributed by atoms with E-state index in [1.54, 1.807) is 6.07 Å². The number of nitrogens with one attached hydrogen (secondary N) is 2. The Kier molecular flexibility index (Phi) is 5.26. The number of hydrogen-bond acceptors (Lipinski definition) is 2. The molecule has 110 valence electrons. The SMILES string of the molecule is Cc1cc(NC(=O)CNc2ccc(Cl)cc2C)ccc1Br. The molecule has 21 heavy (non-hydrogen) atoms. The van der Waals surface area contributed by atoms with Gasteiger partial charge in [-0.2, -0.15) is 0 Å². The molecule has 0 saturated heterocycles. The molecule has 2 rings (SSSR count). The minimum Gasteiger partial charge on any atom is -0.376 e. The predicted molar refractivity (Wildman–Crippen MR) is 92.2 cm³/mol. The van der Waals surface area contributed by atoms with Crippen molar-refractivity contribution >= 4 is 44.8 Å². The van der Waals surface area contributed by atoms with Gasteiger partial charge in [-0.05, 0) is 61.4 Å². The van der Waals surface area contributed by atoms with Gasteiger partial charge in [0.1, 0.15) is 0 Å². The highest BCUT2D eigenvalue weighted by atomic mass is 79.9. The first-order valence-corrected chi connectivity index (χ1v) is 7.69. The van der Waals surface area contributed by atoms with E-state index in [1.807, 2.05) is 44.2 Å². The van der Waals surface area contributed by atoms with Gasteiger partial charge in [-0.15, -0.1) is 0 Å². The van der Waals surface area contributed by atoms with Gasteiger partial charge >= 0.3 is 0 Å². The van der Waals surface area contributed by atoms with Crippen molar-refractivity contribution in [3.05, 3.63) is 57.0 Å². The third kappa shape index (κ3) is 4.48. The van der Waals surface area contributed by atoms with Crippen LogP contribution < -0.4 is 10.6 Å². The molecule has 3 nitrogen and oxygen atoms in total. The number of rotatable bonds is 4. The molecule has 1 amide bonds. The molecule has 2 N–H and O–H groups in total. The van der Waals surface area contributed by atoms with Crippen molar-refractivity contribution in [2.24, 2.45) is 0 Å². The van der Waals surface area contributed by atoms with E-state index < -0.39 is 0 Å². The largest absolute Gasteiger partial charge is 0.376 e. The van der Waals surface area contributed by atoms with Crippen LogP contribution in [0.3, 0.4) is 0 Å². The first kappa shape index (κ1) is 15.9. The molecule has 2 aromatic carbocycles. The number of anilines is 2. The van der Waals surface area contributed by atoms with Crippen molar-refractivity contribution in [3.8, 4) is 0 Å². The molecular weight excluding hydrogens is 352 g/mol. The fraction of sp³-hybridized carbons (Fsp3) is 0.188. The van der Waals surface area contributed by atoms with E-state index >= 15 is 0 Å². The second-order valence-corrected chi connectivity index (χ2v) is 6.12. The summed E-state index contributed by atoms with van der Waals surface area (Å²) in [5.74, 6) is -0.0916. The normalized spacial score (nSPS) is 10.3. The molecule has 0 saturated carbocycles. The van der Waals surface area contributed by atoms with E-state index in [0.29, 0.717) is 5.02 Å². The van der Waals surface area contributed by atoms with E-state index in [9.17, 15) is 4.79 Å². The highest BCUT2D eigenvalue weighted by Gasteiger charge is 2.05. The van der Waals surface area contributed by atoms with Crippen LogP contribution >= 0.6 is 27.5 Å². The number of carbonyl (C=O) groups is 1. The highest BCUT2D eigenvalue weighted by molar-refractivity contribution is 9.10. The molecule has 0 bridgehead atoms. The summed E-state index contributed by atoms with van der Waals surface area (Å²) >= 11 is 9.34. The quantitative estimate of drug-likeness (QED) is 0.817. The first-order valence-electron chi connectivity index (χ1n) is 6.52. The molecule has 2 aromatic rings. The lowest BCUT2D eigenvalue weighted by molar-refractivity contribution is -0.114. The Balaban J connectivity index is 1.94. The lowest BCUT2D eigenvalue weighted by atomic mass is 10.2. The Morgan fingerprint density at radius 3 is 2.57 bits per heavy atom. The third-order valence-electron chi connectivity index (χ3n) is 3.07. The van der Waals surface area contributed by atoms with Gasteiger partial charge in [0.15, 0.2) is 0 Å². The summed E-state index contributed by atoms with van der Waals surface area (Å²) in [6.07, 6.45) is 0. The van der Waals surface area contributed by atoms with Gasteiger partial charge in [-0.1, -0.05) is 27.5 Å². The van der Waals surface area contributed by atoms with Crippen molar-refractivity contribution in [2.45, 2.75) is 13.8 Å². The fourth-order valence-corrected chi connectivity index (χ4v) is 2.40. The molecule has 0 radical (unpaired) electrons. The first-order chi connectivity index (χ1) is 9.95. The second-order valence-electron chi connectivity index (χ2n) is 4.82. The minimum atomic E-state index is -0.0916. The summed E-state index contributed by atoms with van der Waals surface area (Å²) in [5, 5.41) is 6.66. The van der Waals surface area contributed by atoms with Crippen LogP contribution in [0.25, 0.3) is 0 Å². The van der Waals surface area contributed by atoms with Crippen LogP contribution in [-0.4, -0.2) is 12.5 Å². The monoisotopic (exact) mass is 366 g/mol. The fourth-order valence-electron chi connectivity index (χ4n) is 1.93. The zero-order valence-electron chi connectivity index (χ0n) is 11.8. The maximum absolute atomic E-state index is 11.9. The minimum absolute atomic E-state index is 0.0916. The molecule has 0 spiro atoms. The summed E-state index contributed by atoms with van der Waals surface area (Å²) in [6, 6.07) is 11.2. The smallest absolute Gasteiger partial charge is 0.243 e. The average Bonchev–Trinajstić information content (AvgIpc) is 2.42. The van der Waals surface area contributed by atoms with E-state index in [-0.39, 0.29) is 12.5 Å². The molecule has 0 aliphatic heterocycles. The molecule has 0 unspecified atom stereocenters. The molecule has 0 heterocycles. The Morgan fingerprint density at radius 1 is 1.14 bits per heavy atom. The van der Waals surface area contributed by atoms with Gasteiger partial charge in [-0.25, -0.2) is 0 Å². The lowest BCUT2D eigenvalue weighted by Gasteiger charge is -2.11. The number of benzene rings is 2. The summed E-state index contributed by atoms with van der Waals surface area (Å²) < 4.78 is 1.02. The zero-order chi connectivity index (χ0) is 15.4. The number of hydrogen-bond donors (Lipinski definition) is 2. The summed E-state index contributed by atoms with van der Waals surface area (Å²) in [7, 11) is 0. The van der Waals surface area contributed by atoms with Gasteiger partial charge in [-0.3, -0.25) is 4.79 Å². The Hall–Kier alpha value is -1.52. The summed E-state index contributed by atoms with van der Waals surface area (Å²) in [5.41, 5.74) is 3.78. The maximum Gasteiger partial charge on any atom is 0.243 e. The van der Waals surface area contributed by atoms with Crippen LogP contribution in [0.4, 0.5) is 11.4 Å². The van der Waals surface area contributed by atoms with Crippen molar-refractivity contribution in [2.75, 3.05) is 17.2 Å². The van der Waals surface area contributed by atoms with Crippen LogP contribution in [0.15, 0.2) is 40.9 Å². The van der Waals surface area contributed by atoms with Crippen LogP contribution in [0, 0.1) is 13.8 Å². The third-order valence-corrected chi connectivity index (χ3v) is 4.19. The van der Waals surface area contributed by atoms with E-state index in [1.165, 1.54) is 0 Å². The number of amides is 1. The second kappa shape index (κ2) is 6.96. The summed E-state index contributed by atoms with van der Waals surface area (Å²) in [4.78, 5) is 11.9. The zero-order valence-corrected chi connectivity index (χ0v) is 14.2. The Labute approximate surface area is 137 Å². The topological polar surface area (TPSA) is 41.1 Å². The van der Waals surface area contributed by atoms with Crippen LogP contribution in [0.2, 0.25) is 5.02 Å². The molecule has 0 aliphatic rings. The van der Waals surface area contributed by atoms with Gasteiger partial charge in [0.05, 0.1) is 6.54 Å². The van der Waals surface area contributed by atoms with Crippen molar-refractivity contribution < 1.29 is 4.79 Å². The number of aryl methyl sites for hydroxylation is 2. The van der Waals surface area contributed by atoms with Crippen LogP contribution in [0.5, 0.6) is 0 Å². The maximum atomic E-state index is 11.9. The molecular formula is C16H16BrClN2O. The Bertz CT molecular complexity index is 673. The standard InChI is InChI=1S/C16H16BrClN2O/c1-10-8-13(4-5-14(10)17)20-16(21)9-19-15-6-3-12(18)7-11(15)2/h3-8,19H,9H2,1-2H3,(H,20,21). The van der Waals surface area contributed by atoms with Gasteiger partial charge in [0.25, 0.3) is 0 Å². The number of halogens is 2. The van der Waals surface area contributed by atoms with Crippen molar-refractivity contribution in [1.29, 1.82) is 0 Å².